The van der Waals surface area contributed by atoms with Crippen molar-refractivity contribution < 1.29 is 8.42 Å². The molecular weight excluding hydrogens is 322 g/mol. The van der Waals surface area contributed by atoms with Gasteiger partial charge in [-0.3, -0.25) is 0 Å². The maximum atomic E-state index is 12.6. The Hall–Kier alpha value is -2.44. The summed E-state index contributed by atoms with van der Waals surface area (Å²) >= 11 is 0. The number of imidazole rings is 1. The lowest BCUT2D eigenvalue weighted by Crippen LogP contribution is -2.24. The first-order chi connectivity index (χ1) is 11.5. The Balaban J connectivity index is 1.86. The van der Waals surface area contributed by atoms with Gasteiger partial charge in [0, 0.05) is 18.9 Å². The van der Waals surface area contributed by atoms with Crippen LogP contribution in [0, 0.1) is 13.8 Å². The number of para-hydroxylation sites is 1. The molecule has 6 heteroatoms. The standard InChI is InChI=1S/C18H19N3O2S/c1-14-7-8-18(15(2)11-14)24(22,23)20-12-16-5-3-4-6-17(16)21-10-9-19-13-21/h3-11,13,20H,12H2,1-2H3. The lowest BCUT2D eigenvalue weighted by molar-refractivity contribution is 0.580. The van der Waals surface area contributed by atoms with Crippen LogP contribution in [0.2, 0.25) is 0 Å². The van der Waals surface area contributed by atoms with E-state index in [2.05, 4.69) is 9.71 Å². The summed E-state index contributed by atoms with van der Waals surface area (Å²) in [5.41, 5.74) is 3.56. The fourth-order valence-electron chi connectivity index (χ4n) is 2.67. The van der Waals surface area contributed by atoms with Gasteiger partial charge in [-0.1, -0.05) is 35.9 Å². The van der Waals surface area contributed by atoms with Gasteiger partial charge in [0.05, 0.1) is 16.9 Å². The van der Waals surface area contributed by atoms with E-state index in [1.54, 1.807) is 31.6 Å². The molecule has 0 unspecified atom stereocenters. The summed E-state index contributed by atoms with van der Waals surface area (Å²) in [4.78, 5) is 4.35. The minimum absolute atomic E-state index is 0.212. The molecule has 0 aliphatic rings. The fourth-order valence-corrected chi connectivity index (χ4v) is 3.90. The van der Waals surface area contributed by atoms with Gasteiger partial charge in [-0.05, 0) is 37.1 Å². The molecule has 0 aliphatic heterocycles. The lowest BCUT2D eigenvalue weighted by atomic mass is 10.2. The van der Waals surface area contributed by atoms with Crippen molar-refractivity contribution in [3.8, 4) is 5.69 Å². The van der Waals surface area contributed by atoms with Crippen LogP contribution < -0.4 is 4.72 Å². The molecule has 3 rings (SSSR count). The molecule has 0 saturated carbocycles. The zero-order valence-electron chi connectivity index (χ0n) is 13.6. The van der Waals surface area contributed by atoms with Crippen LogP contribution >= 0.6 is 0 Å². The number of aromatic nitrogens is 2. The van der Waals surface area contributed by atoms with Crippen LogP contribution in [0.4, 0.5) is 0 Å². The van der Waals surface area contributed by atoms with Gasteiger partial charge in [-0.15, -0.1) is 0 Å². The van der Waals surface area contributed by atoms with Crippen molar-refractivity contribution in [2.45, 2.75) is 25.3 Å². The first kappa shape index (κ1) is 16.4. The summed E-state index contributed by atoms with van der Waals surface area (Å²) < 4.78 is 29.8. The maximum Gasteiger partial charge on any atom is 0.241 e. The van der Waals surface area contributed by atoms with Crippen LogP contribution in [0.15, 0.2) is 66.1 Å². The number of nitrogens with zero attached hydrogens (tertiary/aromatic N) is 2. The Bertz CT molecular complexity index is 948. The maximum absolute atomic E-state index is 12.6. The first-order valence-corrected chi connectivity index (χ1v) is 9.09. The highest BCUT2D eigenvalue weighted by Crippen LogP contribution is 2.18. The Kier molecular flexibility index (Phi) is 4.51. The van der Waals surface area contributed by atoms with Crippen molar-refractivity contribution in [3.05, 3.63) is 77.9 Å². The zero-order chi connectivity index (χ0) is 17.2. The van der Waals surface area contributed by atoms with Gasteiger partial charge in [0.1, 0.15) is 0 Å². The molecule has 5 nitrogen and oxygen atoms in total. The summed E-state index contributed by atoms with van der Waals surface area (Å²) in [5.74, 6) is 0. The van der Waals surface area contributed by atoms with E-state index >= 15 is 0 Å². The SMILES string of the molecule is Cc1ccc(S(=O)(=O)NCc2ccccc2-n2ccnc2)c(C)c1. The van der Waals surface area contributed by atoms with Crippen LogP contribution in [0.5, 0.6) is 0 Å². The third-order valence-corrected chi connectivity index (χ3v) is 5.41. The van der Waals surface area contributed by atoms with E-state index in [9.17, 15) is 8.42 Å². The van der Waals surface area contributed by atoms with Crippen molar-refractivity contribution in [1.29, 1.82) is 0 Å². The predicted molar refractivity (Wildman–Crippen MR) is 93.5 cm³/mol. The second kappa shape index (κ2) is 6.59. The van der Waals surface area contributed by atoms with Crippen LogP contribution in [0.25, 0.3) is 5.69 Å². The first-order valence-electron chi connectivity index (χ1n) is 7.60. The van der Waals surface area contributed by atoms with Gasteiger partial charge >= 0.3 is 0 Å². The highest BCUT2D eigenvalue weighted by atomic mass is 32.2. The molecule has 0 aliphatic carbocycles. The van der Waals surface area contributed by atoms with E-state index in [-0.39, 0.29) is 6.54 Å². The summed E-state index contributed by atoms with van der Waals surface area (Å²) in [5, 5.41) is 0. The number of aryl methyl sites for hydroxylation is 2. The monoisotopic (exact) mass is 341 g/mol. The Morgan fingerprint density at radius 3 is 2.62 bits per heavy atom. The highest BCUT2D eigenvalue weighted by molar-refractivity contribution is 7.89. The van der Waals surface area contributed by atoms with Gasteiger partial charge in [0.25, 0.3) is 0 Å². The van der Waals surface area contributed by atoms with Gasteiger partial charge in [-0.25, -0.2) is 18.1 Å². The number of hydrogen-bond acceptors (Lipinski definition) is 3. The zero-order valence-corrected chi connectivity index (χ0v) is 14.4. The Labute approximate surface area is 142 Å². The topological polar surface area (TPSA) is 64.0 Å². The number of nitrogens with one attached hydrogen (secondary N) is 1. The van der Waals surface area contributed by atoms with Crippen LogP contribution in [0.3, 0.4) is 0 Å². The van der Waals surface area contributed by atoms with E-state index in [4.69, 9.17) is 0 Å². The molecule has 3 aromatic rings. The summed E-state index contributed by atoms with van der Waals surface area (Å²) in [6, 6.07) is 13.0. The van der Waals surface area contributed by atoms with Crippen LogP contribution in [-0.2, 0) is 16.6 Å². The van der Waals surface area contributed by atoms with Gasteiger partial charge < -0.3 is 4.57 Å². The average molecular weight is 341 g/mol. The Morgan fingerprint density at radius 1 is 1.12 bits per heavy atom. The van der Waals surface area contributed by atoms with Crippen LogP contribution in [0.1, 0.15) is 16.7 Å². The molecule has 1 N–H and O–H groups in total. The molecule has 0 radical (unpaired) electrons. The predicted octanol–water partition coefficient (Wildman–Crippen LogP) is 2.97. The molecule has 0 spiro atoms. The third-order valence-electron chi connectivity index (χ3n) is 3.85. The number of rotatable bonds is 5. The second-order valence-corrected chi connectivity index (χ2v) is 7.43. The quantitative estimate of drug-likeness (QED) is 0.776. The van der Waals surface area contributed by atoms with Crippen molar-refractivity contribution in [1.82, 2.24) is 14.3 Å². The minimum Gasteiger partial charge on any atom is -0.306 e. The lowest BCUT2D eigenvalue weighted by Gasteiger charge is -2.13. The summed E-state index contributed by atoms with van der Waals surface area (Å²) in [6.45, 7) is 3.96. The van der Waals surface area contributed by atoms with Crippen molar-refractivity contribution >= 4 is 10.0 Å². The molecule has 1 heterocycles. The molecule has 24 heavy (non-hydrogen) atoms. The fraction of sp³-hybridized carbons (Fsp3) is 0.167. The smallest absolute Gasteiger partial charge is 0.241 e. The highest BCUT2D eigenvalue weighted by Gasteiger charge is 2.17. The molecule has 1 aromatic heterocycles. The van der Waals surface area contributed by atoms with Crippen molar-refractivity contribution in [3.63, 3.8) is 0 Å². The molecular formula is C18H19N3O2S. The average Bonchev–Trinajstić information content (AvgIpc) is 3.07. The van der Waals surface area contributed by atoms with Gasteiger partial charge in [-0.2, -0.15) is 0 Å². The van der Waals surface area contributed by atoms with E-state index in [1.807, 2.05) is 48.0 Å². The normalized spacial score (nSPS) is 11.6. The van der Waals surface area contributed by atoms with E-state index < -0.39 is 10.0 Å². The van der Waals surface area contributed by atoms with Gasteiger partial charge in [0.2, 0.25) is 10.0 Å². The molecule has 0 amide bonds. The largest absolute Gasteiger partial charge is 0.306 e. The van der Waals surface area contributed by atoms with E-state index in [1.165, 1.54) is 0 Å². The van der Waals surface area contributed by atoms with Crippen LogP contribution in [-0.4, -0.2) is 18.0 Å². The summed E-state index contributed by atoms with van der Waals surface area (Å²) in [6.07, 6.45) is 5.21. The molecule has 0 bridgehead atoms. The molecule has 0 saturated heterocycles. The number of sulfonamides is 1. The molecule has 124 valence electrons. The number of hydrogen-bond donors (Lipinski definition) is 1. The molecule has 0 fully saturated rings. The molecule has 2 aromatic carbocycles. The van der Waals surface area contributed by atoms with Gasteiger partial charge in [0.15, 0.2) is 0 Å². The number of benzene rings is 2. The van der Waals surface area contributed by atoms with E-state index in [0.717, 1.165) is 22.4 Å². The molecule has 0 atom stereocenters. The third kappa shape index (κ3) is 3.39. The second-order valence-electron chi connectivity index (χ2n) is 5.69. The summed E-state index contributed by atoms with van der Waals surface area (Å²) in [7, 11) is -3.57. The van der Waals surface area contributed by atoms with Crippen molar-refractivity contribution in [2.24, 2.45) is 0 Å². The van der Waals surface area contributed by atoms with Crippen molar-refractivity contribution in [2.75, 3.05) is 0 Å². The van der Waals surface area contributed by atoms with E-state index in [0.29, 0.717) is 4.90 Å². The minimum atomic E-state index is -3.57. The Morgan fingerprint density at radius 2 is 1.92 bits per heavy atom.